The summed E-state index contributed by atoms with van der Waals surface area (Å²) in [6.07, 6.45) is 0. The van der Waals surface area contributed by atoms with Crippen molar-refractivity contribution in [3.63, 3.8) is 0 Å². The maximum Gasteiger partial charge on any atom is 0.257 e. The third kappa shape index (κ3) is 5.72. The lowest BCUT2D eigenvalue weighted by atomic mass is 9.98. The van der Waals surface area contributed by atoms with Crippen LogP contribution in [-0.2, 0) is 9.53 Å². The normalized spacial score (nSPS) is 19.3. The molecule has 5 rings (SSSR count). The standard InChI is InChI=1S/C29H28Cl2IN3O3/c1-19(20-2-6-22(30)7-3-20)35-27(21-4-8-23(31)9-5-21)29(37)34(13-12-33-14-16-38-17-15-33)26-11-10-24(32)18-25(26)28(35)36/h2-11,18-19,27H,12-17H2,1H3/t19-,27+/m1/s1. The summed E-state index contributed by atoms with van der Waals surface area (Å²) < 4.78 is 6.43. The first-order valence-corrected chi connectivity index (χ1v) is 14.4. The summed E-state index contributed by atoms with van der Waals surface area (Å²) in [5.41, 5.74) is 2.76. The van der Waals surface area contributed by atoms with Crippen LogP contribution in [0.1, 0.15) is 40.5 Å². The summed E-state index contributed by atoms with van der Waals surface area (Å²) in [5, 5.41) is 1.18. The van der Waals surface area contributed by atoms with E-state index in [-0.39, 0.29) is 11.8 Å². The van der Waals surface area contributed by atoms with Crippen molar-refractivity contribution in [3.8, 4) is 0 Å². The lowest BCUT2D eigenvalue weighted by molar-refractivity contribution is -0.123. The average Bonchev–Trinajstić information content (AvgIpc) is 3.01. The van der Waals surface area contributed by atoms with E-state index in [1.807, 2.05) is 49.4 Å². The van der Waals surface area contributed by atoms with E-state index in [1.165, 1.54) is 0 Å². The number of carbonyl (C=O) groups excluding carboxylic acids is 2. The Morgan fingerprint density at radius 3 is 2.21 bits per heavy atom. The number of amides is 2. The molecular formula is C29H28Cl2IN3O3. The van der Waals surface area contributed by atoms with Crippen molar-refractivity contribution in [2.75, 3.05) is 44.3 Å². The zero-order chi connectivity index (χ0) is 26.8. The molecule has 3 aromatic rings. The molecule has 2 heterocycles. The van der Waals surface area contributed by atoms with Crippen molar-refractivity contribution in [1.29, 1.82) is 0 Å². The molecule has 0 unspecified atom stereocenters. The number of anilines is 1. The van der Waals surface area contributed by atoms with Gasteiger partial charge in [0.05, 0.1) is 30.5 Å². The molecule has 2 aliphatic heterocycles. The number of halogens is 3. The number of fused-ring (bicyclic) bond motifs is 1. The van der Waals surface area contributed by atoms with E-state index in [2.05, 4.69) is 27.5 Å². The van der Waals surface area contributed by atoms with Gasteiger partial charge in [0.2, 0.25) is 0 Å². The molecule has 0 radical (unpaired) electrons. The number of hydrogen-bond acceptors (Lipinski definition) is 4. The fourth-order valence-electron chi connectivity index (χ4n) is 5.10. The van der Waals surface area contributed by atoms with E-state index >= 15 is 0 Å². The van der Waals surface area contributed by atoms with Gasteiger partial charge in [-0.15, -0.1) is 0 Å². The summed E-state index contributed by atoms with van der Waals surface area (Å²) in [4.78, 5) is 34.7. The molecule has 2 atom stereocenters. The fraction of sp³-hybridized carbons (Fsp3) is 0.310. The predicted octanol–water partition coefficient (Wildman–Crippen LogP) is 6.22. The van der Waals surface area contributed by atoms with E-state index in [1.54, 1.807) is 34.1 Å². The van der Waals surface area contributed by atoms with E-state index in [9.17, 15) is 9.59 Å². The van der Waals surface area contributed by atoms with Crippen molar-refractivity contribution in [3.05, 3.63) is 97.0 Å². The highest BCUT2D eigenvalue weighted by molar-refractivity contribution is 14.1. The Morgan fingerprint density at radius 1 is 0.921 bits per heavy atom. The predicted molar refractivity (Wildman–Crippen MR) is 159 cm³/mol. The molecule has 1 saturated heterocycles. The Kier molecular flexibility index (Phi) is 8.59. The number of benzene rings is 3. The van der Waals surface area contributed by atoms with Gasteiger partial charge in [-0.05, 0) is 83.1 Å². The third-order valence-corrected chi connectivity index (χ3v) is 8.37. The minimum atomic E-state index is -0.833. The largest absolute Gasteiger partial charge is 0.379 e. The van der Waals surface area contributed by atoms with E-state index in [0.717, 1.165) is 22.2 Å². The maximum atomic E-state index is 14.5. The highest BCUT2D eigenvalue weighted by Gasteiger charge is 2.43. The van der Waals surface area contributed by atoms with Crippen molar-refractivity contribution >= 4 is 63.3 Å². The van der Waals surface area contributed by atoms with E-state index < -0.39 is 12.1 Å². The van der Waals surface area contributed by atoms with Gasteiger partial charge in [-0.1, -0.05) is 47.5 Å². The Balaban J connectivity index is 1.62. The molecule has 6 nitrogen and oxygen atoms in total. The fourth-order valence-corrected chi connectivity index (χ4v) is 5.85. The van der Waals surface area contributed by atoms with Gasteiger partial charge in [-0.25, -0.2) is 0 Å². The Bertz CT molecular complexity index is 1310. The van der Waals surface area contributed by atoms with Gasteiger partial charge < -0.3 is 14.5 Å². The first-order valence-electron chi connectivity index (χ1n) is 12.6. The summed E-state index contributed by atoms with van der Waals surface area (Å²) in [6.45, 7) is 6.11. The first kappa shape index (κ1) is 27.4. The third-order valence-electron chi connectivity index (χ3n) is 7.19. The molecule has 0 aromatic heterocycles. The van der Waals surface area contributed by atoms with Crippen LogP contribution < -0.4 is 4.90 Å². The lowest BCUT2D eigenvalue weighted by Crippen LogP contribution is -2.47. The van der Waals surface area contributed by atoms with Gasteiger partial charge in [0.25, 0.3) is 11.8 Å². The second-order valence-electron chi connectivity index (χ2n) is 9.50. The van der Waals surface area contributed by atoms with Crippen molar-refractivity contribution < 1.29 is 14.3 Å². The number of ether oxygens (including phenoxy) is 1. The molecule has 3 aromatic carbocycles. The van der Waals surface area contributed by atoms with Gasteiger partial charge >= 0.3 is 0 Å². The summed E-state index contributed by atoms with van der Waals surface area (Å²) in [5.74, 6) is -0.335. The minimum Gasteiger partial charge on any atom is -0.379 e. The minimum absolute atomic E-state index is 0.144. The molecule has 0 spiro atoms. The summed E-state index contributed by atoms with van der Waals surface area (Å²) in [7, 11) is 0. The number of carbonyl (C=O) groups is 2. The molecule has 1 fully saturated rings. The number of rotatable bonds is 6. The Labute approximate surface area is 246 Å². The van der Waals surface area contributed by atoms with E-state index in [0.29, 0.717) is 53.2 Å². The molecule has 9 heteroatoms. The van der Waals surface area contributed by atoms with Gasteiger partial charge in [0.15, 0.2) is 0 Å². The molecule has 2 aliphatic rings. The van der Waals surface area contributed by atoms with Crippen LogP contribution in [0.15, 0.2) is 66.7 Å². The molecular weight excluding hydrogens is 636 g/mol. The van der Waals surface area contributed by atoms with Gasteiger partial charge in [-0.3, -0.25) is 14.5 Å². The Morgan fingerprint density at radius 2 is 1.55 bits per heavy atom. The highest BCUT2D eigenvalue weighted by Crippen LogP contribution is 2.40. The lowest BCUT2D eigenvalue weighted by Gasteiger charge is -2.36. The number of hydrogen-bond donors (Lipinski definition) is 0. The number of morpholine rings is 1. The first-order chi connectivity index (χ1) is 18.3. The van der Waals surface area contributed by atoms with Gasteiger partial charge in [0, 0.05) is 39.8 Å². The summed E-state index contributed by atoms with van der Waals surface area (Å²) >= 11 is 14.6. The average molecular weight is 664 g/mol. The second kappa shape index (κ2) is 11.9. The zero-order valence-electron chi connectivity index (χ0n) is 20.9. The van der Waals surface area contributed by atoms with Crippen LogP contribution in [0.3, 0.4) is 0 Å². The Hall–Kier alpha value is -2.17. The molecule has 0 saturated carbocycles. The van der Waals surface area contributed by atoms with Crippen molar-refractivity contribution in [2.45, 2.75) is 19.0 Å². The van der Waals surface area contributed by atoms with Crippen LogP contribution in [0.4, 0.5) is 5.69 Å². The quantitative estimate of drug-likeness (QED) is 0.294. The monoisotopic (exact) mass is 663 g/mol. The molecule has 38 heavy (non-hydrogen) atoms. The van der Waals surface area contributed by atoms with Gasteiger partial charge in [0.1, 0.15) is 6.04 Å². The summed E-state index contributed by atoms with van der Waals surface area (Å²) in [6, 6.07) is 19.1. The SMILES string of the molecule is C[C@H](c1ccc(Cl)cc1)N1C(=O)c2cc(I)ccc2N(CCN2CCOCC2)C(=O)[C@@H]1c1ccc(Cl)cc1. The smallest absolute Gasteiger partial charge is 0.257 e. The van der Waals surface area contributed by atoms with Crippen LogP contribution in [0.5, 0.6) is 0 Å². The topological polar surface area (TPSA) is 53.1 Å². The van der Waals surface area contributed by atoms with Crippen LogP contribution in [-0.4, -0.2) is 61.0 Å². The van der Waals surface area contributed by atoms with Crippen LogP contribution in [0.2, 0.25) is 10.0 Å². The van der Waals surface area contributed by atoms with Crippen molar-refractivity contribution in [1.82, 2.24) is 9.80 Å². The number of nitrogens with zero attached hydrogens (tertiary/aromatic N) is 3. The van der Waals surface area contributed by atoms with Crippen LogP contribution in [0.25, 0.3) is 0 Å². The second-order valence-corrected chi connectivity index (χ2v) is 11.6. The molecule has 198 valence electrons. The zero-order valence-corrected chi connectivity index (χ0v) is 24.6. The highest BCUT2D eigenvalue weighted by atomic mass is 127. The van der Waals surface area contributed by atoms with Crippen LogP contribution in [0, 0.1) is 3.57 Å². The van der Waals surface area contributed by atoms with Crippen molar-refractivity contribution in [2.24, 2.45) is 0 Å². The maximum absolute atomic E-state index is 14.5. The molecule has 0 N–H and O–H groups in total. The van der Waals surface area contributed by atoms with Gasteiger partial charge in [-0.2, -0.15) is 0 Å². The molecule has 0 bridgehead atoms. The molecule has 2 amide bonds. The van der Waals surface area contributed by atoms with E-state index in [4.69, 9.17) is 27.9 Å². The molecule has 0 aliphatic carbocycles. The van der Waals surface area contributed by atoms with Crippen LogP contribution >= 0.6 is 45.8 Å².